The summed E-state index contributed by atoms with van der Waals surface area (Å²) < 4.78 is 51.6. The van der Waals surface area contributed by atoms with Crippen LogP contribution in [0.1, 0.15) is 55.5 Å². The number of amides is 1. The van der Waals surface area contributed by atoms with Gasteiger partial charge in [0.15, 0.2) is 0 Å². The van der Waals surface area contributed by atoms with Crippen molar-refractivity contribution in [2.75, 3.05) is 0 Å². The number of rotatable bonds is 6. The average molecular weight is 305 g/mol. The Morgan fingerprint density at radius 3 is 2.52 bits per heavy atom. The third-order valence-corrected chi connectivity index (χ3v) is 3.15. The zero-order valence-electron chi connectivity index (χ0n) is 12.1. The molecule has 0 aliphatic heterocycles. The smallest absolute Gasteiger partial charge is 0.350 e. The molecule has 1 unspecified atom stereocenters. The maximum atomic E-state index is 13.1. The third kappa shape index (κ3) is 5.36. The lowest BCUT2D eigenvalue weighted by atomic mass is 10.0. The molecule has 0 heterocycles. The van der Waals surface area contributed by atoms with Crippen molar-refractivity contribution in [1.82, 2.24) is 5.32 Å². The van der Waals surface area contributed by atoms with Crippen LogP contribution < -0.4 is 5.32 Å². The first-order chi connectivity index (χ1) is 9.75. The molecule has 1 rings (SSSR count). The molecule has 1 amide bonds. The van der Waals surface area contributed by atoms with Gasteiger partial charge in [-0.05, 0) is 31.5 Å². The molecule has 1 aromatic carbocycles. The first-order valence-corrected chi connectivity index (χ1v) is 6.93. The highest BCUT2D eigenvalue weighted by Crippen LogP contribution is 2.32. The van der Waals surface area contributed by atoms with Crippen molar-refractivity contribution in [1.29, 1.82) is 0 Å². The summed E-state index contributed by atoms with van der Waals surface area (Å²) >= 11 is 0. The highest BCUT2D eigenvalue weighted by atomic mass is 19.4. The molecule has 0 aromatic heterocycles. The number of carbonyl (C=O) groups excluding carboxylic acids is 1. The second-order valence-electron chi connectivity index (χ2n) is 5.06. The first-order valence-electron chi connectivity index (χ1n) is 6.93. The van der Waals surface area contributed by atoms with E-state index in [4.69, 9.17) is 0 Å². The van der Waals surface area contributed by atoms with Crippen LogP contribution in [0.25, 0.3) is 0 Å². The monoisotopic (exact) mass is 305 g/mol. The molecular weight excluding hydrogens is 286 g/mol. The largest absolute Gasteiger partial charge is 0.417 e. The minimum atomic E-state index is -4.69. The van der Waals surface area contributed by atoms with Gasteiger partial charge in [0.05, 0.1) is 11.1 Å². The fraction of sp³-hybridized carbons (Fsp3) is 0.533. The molecule has 0 aliphatic rings. The lowest BCUT2D eigenvalue weighted by molar-refractivity contribution is -0.138. The molecule has 6 heteroatoms. The number of hydrogen-bond acceptors (Lipinski definition) is 1. The topological polar surface area (TPSA) is 29.1 Å². The molecule has 0 spiro atoms. The lowest BCUT2D eigenvalue weighted by Crippen LogP contribution is -2.34. The maximum Gasteiger partial charge on any atom is 0.417 e. The van der Waals surface area contributed by atoms with E-state index in [0.717, 1.165) is 19.3 Å². The highest BCUT2D eigenvalue weighted by molar-refractivity contribution is 5.96. The summed E-state index contributed by atoms with van der Waals surface area (Å²) in [6.45, 7) is 3.76. The summed E-state index contributed by atoms with van der Waals surface area (Å²) in [5.41, 5.74) is -1.80. The predicted octanol–water partition coefficient (Wildman–Crippen LogP) is 4.54. The zero-order valence-corrected chi connectivity index (χ0v) is 12.1. The summed E-state index contributed by atoms with van der Waals surface area (Å²) in [6.07, 6.45) is -1.12. The van der Waals surface area contributed by atoms with E-state index in [9.17, 15) is 22.4 Å². The van der Waals surface area contributed by atoms with Gasteiger partial charge in [-0.15, -0.1) is 0 Å². The highest BCUT2D eigenvalue weighted by Gasteiger charge is 2.35. The Bertz CT molecular complexity index is 485. The number of hydrogen-bond donors (Lipinski definition) is 1. The molecule has 0 saturated heterocycles. The van der Waals surface area contributed by atoms with E-state index in [0.29, 0.717) is 24.6 Å². The van der Waals surface area contributed by atoms with Gasteiger partial charge in [-0.25, -0.2) is 4.39 Å². The van der Waals surface area contributed by atoms with Crippen molar-refractivity contribution < 1.29 is 22.4 Å². The van der Waals surface area contributed by atoms with Crippen LogP contribution in [-0.4, -0.2) is 11.9 Å². The standard InChI is InChI=1S/C15H19F4NO/c1-3-4-5-6-10(2)20-14(21)12-9-11(16)7-8-13(12)15(17,18)19/h7-10H,3-6H2,1-2H3,(H,20,21). The number of alkyl halides is 3. The van der Waals surface area contributed by atoms with E-state index >= 15 is 0 Å². The summed E-state index contributed by atoms with van der Waals surface area (Å²) in [4.78, 5) is 11.9. The van der Waals surface area contributed by atoms with Gasteiger partial charge < -0.3 is 5.32 Å². The van der Waals surface area contributed by atoms with Crippen molar-refractivity contribution in [2.24, 2.45) is 0 Å². The average Bonchev–Trinajstić information content (AvgIpc) is 2.37. The van der Waals surface area contributed by atoms with Crippen molar-refractivity contribution in [3.05, 3.63) is 35.1 Å². The van der Waals surface area contributed by atoms with Gasteiger partial charge in [0, 0.05) is 6.04 Å². The molecule has 1 aromatic rings. The Morgan fingerprint density at radius 2 is 1.95 bits per heavy atom. The van der Waals surface area contributed by atoms with E-state index in [2.05, 4.69) is 5.32 Å². The summed E-state index contributed by atoms with van der Waals surface area (Å²) in [5, 5.41) is 2.49. The quantitative estimate of drug-likeness (QED) is 0.606. The Hall–Kier alpha value is -1.59. The Balaban J connectivity index is 2.84. The van der Waals surface area contributed by atoms with Gasteiger partial charge in [0.25, 0.3) is 5.91 Å². The predicted molar refractivity (Wildman–Crippen MR) is 72.5 cm³/mol. The first kappa shape index (κ1) is 17.5. The molecule has 0 fully saturated rings. The van der Waals surface area contributed by atoms with Gasteiger partial charge in [-0.2, -0.15) is 13.2 Å². The number of carbonyl (C=O) groups is 1. The SMILES string of the molecule is CCCCCC(C)NC(=O)c1cc(F)ccc1C(F)(F)F. The van der Waals surface area contributed by atoms with Crippen LogP contribution in [0.2, 0.25) is 0 Å². The molecule has 1 atom stereocenters. The number of nitrogens with one attached hydrogen (secondary N) is 1. The summed E-state index contributed by atoms with van der Waals surface area (Å²) in [7, 11) is 0. The zero-order chi connectivity index (χ0) is 16.0. The van der Waals surface area contributed by atoms with E-state index in [1.165, 1.54) is 0 Å². The summed E-state index contributed by atoms with van der Waals surface area (Å²) in [5.74, 6) is -1.77. The van der Waals surface area contributed by atoms with Crippen molar-refractivity contribution in [3.8, 4) is 0 Å². The molecule has 0 bridgehead atoms. The third-order valence-electron chi connectivity index (χ3n) is 3.15. The minimum Gasteiger partial charge on any atom is -0.350 e. The molecule has 0 radical (unpaired) electrons. The van der Waals surface area contributed by atoms with Crippen molar-refractivity contribution in [3.63, 3.8) is 0 Å². The fourth-order valence-corrected chi connectivity index (χ4v) is 2.03. The number of benzene rings is 1. The van der Waals surface area contributed by atoms with Gasteiger partial charge in [0.1, 0.15) is 5.82 Å². The van der Waals surface area contributed by atoms with Gasteiger partial charge in [0.2, 0.25) is 0 Å². The number of unbranched alkanes of at least 4 members (excludes halogenated alkanes) is 2. The molecule has 21 heavy (non-hydrogen) atoms. The van der Waals surface area contributed by atoms with Crippen LogP contribution in [0.3, 0.4) is 0 Å². The molecule has 0 aliphatic carbocycles. The van der Waals surface area contributed by atoms with E-state index in [-0.39, 0.29) is 6.04 Å². The molecule has 0 saturated carbocycles. The van der Waals surface area contributed by atoms with Gasteiger partial charge in [-0.3, -0.25) is 4.79 Å². The Kier molecular flexibility index (Phi) is 6.18. The fourth-order valence-electron chi connectivity index (χ4n) is 2.03. The molecule has 1 N–H and O–H groups in total. The van der Waals surface area contributed by atoms with Gasteiger partial charge in [-0.1, -0.05) is 26.2 Å². The Labute approximate surface area is 121 Å². The van der Waals surface area contributed by atoms with E-state index in [1.807, 2.05) is 6.92 Å². The van der Waals surface area contributed by atoms with Crippen LogP contribution in [0.15, 0.2) is 18.2 Å². The normalized spacial score (nSPS) is 13.0. The van der Waals surface area contributed by atoms with Crippen molar-refractivity contribution >= 4 is 5.91 Å². The second kappa shape index (κ2) is 7.43. The molecular formula is C15H19F4NO. The minimum absolute atomic E-state index is 0.256. The molecule has 2 nitrogen and oxygen atoms in total. The van der Waals surface area contributed by atoms with E-state index in [1.54, 1.807) is 6.92 Å². The molecule has 118 valence electrons. The lowest BCUT2D eigenvalue weighted by Gasteiger charge is -2.16. The Morgan fingerprint density at radius 1 is 1.29 bits per heavy atom. The van der Waals surface area contributed by atoms with Gasteiger partial charge >= 0.3 is 6.18 Å². The summed E-state index contributed by atoms with van der Waals surface area (Å²) in [6, 6.07) is 1.65. The van der Waals surface area contributed by atoms with Crippen molar-refractivity contribution in [2.45, 2.75) is 51.7 Å². The van der Waals surface area contributed by atoms with E-state index < -0.39 is 29.0 Å². The second-order valence-corrected chi connectivity index (χ2v) is 5.06. The van der Waals surface area contributed by atoms with Crippen LogP contribution >= 0.6 is 0 Å². The maximum absolute atomic E-state index is 13.1. The van der Waals surface area contributed by atoms with Crippen LogP contribution in [0.4, 0.5) is 17.6 Å². The van der Waals surface area contributed by atoms with Crippen LogP contribution in [-0.2, 0) is 6.18 Å². The number of halogens is 4. The van der Waals surface area contributed by atoms with Crippen LogP contribution in [0, 0.1) is 5.82 Å². The van der Waals surface area contributed by atoms with Crippen LogP contribution in [0.5, 0.6) is 0 Å².